The van der Waals surface area contributed by atoms with Gasteiger partial charge in [-0.3, -0.25) is 4.79 Å². The molecule has 1 atom stereocenters. The van der Waals surface area contributed by atoms with Crippen molar-refractivity contribution in [2.24, 2.45) is 0 Å². The molecule has 0 bridgehead atoms. The van der Waals surface area contributed by atoms with Crippen molar-refractivity contribution in [2.45, 2.75) is 12.5 Å². The number of Topliss-reactive ketones (excluding diaryl/α,β-unsaturated/α-hetero) is 1. The Hall–Kier alpha value is -1.84. The quantitative estimate of drug-likeness (QED) is 0.618. The van der Waals surface area contributed by atoms with Gasteiger partial charge in [0.05, 0.1) is 22.0 Å². The van der Waals surface area contributed by atoms with E-state index in [1.54, 1.807) is 30.3 Å². The largest absolute Gasteiger partial charge is 0.453 e. The van der Waals surface area contributed by atoms with Gasteiger partial charge in [-0.25, -0.2) is 4.79 Å². The van der Waals surface area contributed by atoms with Crippen LogP contribution in [0.3, 0.4) is 0 Å². The third-order valence-corrected chi connectivity index (χ3v) is 4.13. The van der Waals surface area contributed by atoms with Crippen LogP contribution in [0.4, 0.5) is 0 Å². The summed E-state index contributed by atoms with van der Waals surface area (Å²) >= 11 is 11.7. The Bertz CT molecular complexity index is 740. The Kier molecular flexibility index (Phi) is 3.70. The van der Waals surface area contributed by atoms with Crippen LogP contribution in [0, 0.1) is 0 Å². The molecule has 0 N–H and O–H groups in total. The average molecular weight is 321 g/mol. The molecule has 1 heterocycles. The van der Waals surface area contributed by atoms with Gasteiger partial charge in [-0.2, -0.15) is 0 Å². The van der Waals surface area contributed by atoms with Crippen molar-refractivity contribution in [3.8, 4) is 0 Å². The van der Waals surface area contributed by atoms with E-state index < -0.39 is 12.1 Å². The van der Waals surface area contributed by atoms with E-state index in [2.05, 4.69) is 0 Å². The van der Waals surface area contributed by atoms with Gasteiger partial charge in [-0.05, 0) is 24.3 Å². The Morgan fingerprint density at radius 1 is 1.10 bits per heavy atom. The highest BCUT2D eigenvalue weighted by atomic mass is 35.5. The van der Waals surface area contributed by atoms with Gasteiger partial charge in [-0.1, -0.05) is 41.4 Å². The third kappa shape index (κ3) is 2.67. The first kappa shape index (κ1) is 14.1. The molecule has 106 valence electrons. The summed E-state index contributed by atoms with van der Waals surface area (Å²) < 4.78 is 5.26. The SMILES string of the molecule is O=C(C[C@@H]1OC(=O)c2ccccc21)c1ccc(Cl)c(Cl)c1. The highest BCUT2D eigenvalue weighted by Gasteiger charge is 2.32. The van der Waals surface area contributed by atoms with E-state index in [4.69, 9.17) is 27.9 Å². The summed E-state index contributed by atoms with van der Waals surface area (Å²) in [6.07, 6.45) is -0.462. The molecule has 0 unspecified atom stereocenters. The van der Waals surface area contributed by atoms with Crippen molar-refractivity contribution in [2.75, 3.05) is 0 Å². The lowest BCUT2D eigenvalue weighted by Crippen LogP contribution is -2.07. The van der Waals surface area contributed by atoms with Gasteiger partial charge in [0.25, 0.3) is 0 Å². The van der Waals surface area contributed by atoms with Crippen LogP contribution in [-0.2, 0) is 4.74 Å². The summed E-state index contributed by atoms with van der Waals surface area (Å²) in [5.41, 5.74) is 1.71. The molecule has 0 radical (unpaired) electrons. The monoisotopic (exact) mass is 320 g/mol. The zero-order chi connectivity index (χ0) is 15.0. The van der Waals surface area contributed by atoms with Crippen LogP contribution < -0.4 is 0 Å². The Labute approximate surface area is 131 Å². The van der Waals surface area contributed by atoms with E-state index in [-0.39, 0.29) is 12.2 Å². The predicted molar refractivity (Wildman–Crippen MR) is 80.0 cm³/mol. The van der Waals surface area contributed by atoms with Gasteiger partial charge in [0.15, 0.2) is 5.78 Å². The summed E-state index contributed by atoms with van der Waals surface area (Å²) in [4.78, 5) is 24.0. The van der Waals surface area contributed by atoms with Crippen LogP contribution in [-0.4, -0.2) is 11.8 Å². The average Bonchev–Trinajstić information content (AvgIpc) is 2.79. The second-order valence-corrected chi connectivity index (χ2v) is 5.55. The summed E-state index contributed by atoms with van der Waals surface area (Å²) in [5, 5.41) is 0.720. The lowest BCUT2D eigenvalue weighted by Gasteiger charge is -2.10. The van der Waals surface area contributed by atoms with Gasteiger partial charge < -0.3 is 4.74 Å². The van der Waals surface area contributed by atoms with E-state index >= 15 is 0 Å². The van der Waals surface area contributed by atoms with Crippen molar-refractivity contribution in [1.82, 2.24) is 0 Å². The molecular formula is C16H10Cl2O3. The van der Waals surface area contributed by atoms with Crippen molar-refractivity contribution >= 4 is 35.0 Å². The number of carbonyl (C=O) groups is 2. The predicted octanol–water partition coefficient (Wildman–Crippen LogP) is 4.48. The maximum atomic E-state index is 12.3. The summed E-state index contributed by atoms with van der Waals surface area (Å²) in [5.74, 6) is -0.541. The molecule has 0 aromatic heterocycles. The smallest absolute Gasteiger partial charge is 0.339 e. The lowest BCUT2D eigenvalue weighted by atomic mass is 9.98. The van der Waals surface area contributed by atoms with Crippen LogP contribution in [0.1, 0.15) is 38.8 Å². The molecule has 0 saturated heterocycles. The standard InChI is InChI=1S/C16H10Cl2O3/c17-12-6-5-9(7-13(12)18)14(19)8-15-10-3-1-2-4-11(10)16(20)21-15/h1-7,15H,8H2/t15-/m0/s1. The zero-order valence-corrected chi connectivity index (χ0v) is 12.3. The van der Waals surface area contributed by atoms with Crippen LogP contribution in [0.5, 0.6) is 0 Å². The molecule has 2 aromatic rings. The molecule has 0 amide bonds. The fourth-order valence-corrected chi connectivity index (χ4v) is 2.63. The van der Waals surface area contributed by atoms with Crippen molar-refractivity contribution in [3.05, 3.63) is 69.2 Å². The van der Waals surface area contributed by atoms with E-state index in [9.17, 15) is 9.59 Å². The van der Waals surface area contributed by atoms with E-state index in [0.717, 1.165) is 5.56 Å². The second kappa shape index (κ2) is 5.51. The number of ketones is 1. The minimum atomic E-state index is -0.546. The molecule has 1 aliphatic rings. The summed E-state index contributed by atoms with van der Waals surface area (Å²) in [6, 6.07) is 11.8. The Morgan fingerprint density at radius 3 is 2.62 bits per heavy atom. The number of halogens is 2. The molecule has 3 nitrogen and oxygen atoms in total. The molecule has 0 aliphatic carbocycles. The first-order chi connectivity index (χ1) is 10.1. The minimum Gasteiger partial charge on any atom is -0.453 e. The molecule has 2 aromatic carbocycles. The fourth-order valence-electron chi connectivity index (χ4n) is 2.33. The van der Waals surface area contributed by atoms with Gasteiger partial charge >= 0.3 is 5.97 Å². The highest BCUT2D eigenvalue weighted by molar-refractivity contribution is 6.42. The number of hydrogen-bond acceptors (Lipinski definition) is 3. The molecule has 0 fully saturated rings. The van der Waals surface area contributed by atoms with Crippen LogP contribution in [0.2, 0.25) is 10.0 Å². The van der Waals surface area contributed by atoms with Gasteiger partial charge in [0.2, 0.25) is 0 Å². The molecule has 1 aliphatic heterocycles. The van der Waals surface area contributed by atoms with Gasteiger partial charge in [0.1, 0.15) is 6.10 Å². The molecule has 5 heteroatoms. The van der Waals surface area contributed by atoms with Gasteiger partial charge in [-0.15, -0.1) is 0 Å². The number of benzene rings is 2. The summed E-state index contributed by atoms with van der Waals surface area (Å²) in [7, 11) is 0. The van der Waals surface area contributed by atoms with Crippen molar-refractivity contribution in [1.29, 1.82) is 0 Å². The number of rotatable bonds is 3. The number of carbonyl (C=O) groups excluding carboxylic acids is 2. The lowest BCUT2D eigenvalue weighted by molar-refractivity contribution is 0.0367. The normalized spacial score (nSPS) is 16.5. The number of cyclic esters (lactones) is 1. The first-order valence-electron chi connectivity index (χ1n) is 6.34. The topological polar surface area (TPSA) is 43.4 Å². The van der Waals surface area contributed by atoms with E-state index in [0.29, 0.717) is 21.2 Å². The molecule has 21 heavy (non-hydrogen) atoms. The maximum Gasteiger partial charge on any atom is 0.339 e. The summed E-state index contributed by atoms with van der Waals surface area (Å²) in [6.45, 7) is 0. The number of fused-ring (bicyclic) bond motifs is 1. The fraction of sp³-hybridized carbons (Fsp3) is 0.125. The van der Waals surface area contributed by atoms with E-state index in [1.807, 2.05) is 6.07 Å². The van der Waals surface area contributed by atoms with Crippen molar-refractivity contribution < 1.29 is 14.3 Å². The maximum absolute atomic E-state index is 12.3. The Balaban J connectivity index is 1.83. The third-order valence-electron chi connectivity index (χ3n) is 3.39. The molecule has 0 saturated carbocycles. The highest BCUT2D eigenvalue weighted by Crippen LogP contribution is 2.34. The van der Waals surface area contributed by atoms with Crippen LogP contribution >= 0.6 is 23.2 Å². The minimum absolute atomic E-state index is 0.0840. The zero-order valence-electron chi connectivity index (χ0n) is 10.8. The molecule has 3 rings (SSSR count). The van der Waals surface area contributed by atoms with Crippen LogP contribution in [0.25, 0.3) is 0 Å². The van der Waals surface area contributed by atoms with E-state index in [1.165, 1.54) is 6.07 Å². The second-order valence-electron chi connectivity index (χ2n) is 4.74. The number of hydrogen-bond donors (Lipinski definition) is 0. The van der Waals surface area contributed by atoms with Crippen LogP contribution in [0.15, 0.2) is 42.5 Å². The molecule has 0 spiro atoms. The first-order valence-corrected chi connectivity index (χ1v) is 7.10. The number of ether oxygens (including phenoxy) is 1. The van der Waals surface area contributed by atoms with Gasteiger partial charge in [0, 0.05) is 11.1 Å². The Morgan fingerprint density at radius 2 is 1.86 bits per heavy atom. The number of esters is 1. The molecular weight excluding hydrogens is 311 g/mol. The van der Waals surface area contributed by atoms with Crippen molar-refractivity contribution in [3.63, 3.8) is 0 Å².